The van der Waals surface area contributed by atoms with Crippen molar-refractivity contribution < 1.29 is 4.79 Å². The van der Waals surface area contributed by atoms with Crippen LogP contribution < -0.4 is 5.32 Å². The van der Waals surface area contributed by atoms with Crippen LogP contribution in [0, 0.1) is 5.41 Å². The first kappa shape index (κ1) is 15.4. The molecule has 1 aromatic rings. The summed E-state index contributed by atoms with van der Waals surface area (Å²) in [5, 5.41) is 3.11. The summed E-state index contributed by atoms with van der Waals surface area (Å²) in [6.45, 7) is 2.78. The summed E-state index contributed by atoms with van der Waals surface area (Å²) in [5.41, 5.74) is 2.01. The van der Waals surface area contributed by atoms with Crippen LogP contribution in [0.1, 0.15) is 54.9 Å². The Morgan fingerprint density at radius 2 is 1.95 bits per heavy atom. The lowest BCUT2D eigenvalue weighted by molar-refractivity contribution is 0.0920. The van der Waals surface area contributed by atoms with E-state index in [0.29, 0.717) is 12.4 Å². The fourth-order valence-corrected chi connectivity index (χ4v) is 3.43. The molecule has 110 valence electrons. The van der Waals surface area contributed by atoms with E-state index in [1.807, 2.05) is 24.3 Å². The van der Waals surface area contributed by atoms with Gasteiger partial charge in [0.1, 0.15) is 0 Å². The van der Waals surface area contributed by atoms with Crippen LogP contribution in [0.3, 0.4) is 0 Å². The van der Waals surface area contributed by atoms with E-state index >= 15 is 0 Å². The highest BCUT2D eigenvalue weighted by Gasteiger charge is 2.31. The summed E-state index contributed by atoms with van der Waals surface area (Å²) in [6.07, 6.45) is 6.90. The van der Waals surface area contributed by atoms with E-state index in [-0.39, 0.29) is 11.3 Å². The van der Waals surface area contributed by atoms with Crippen LogP contribution >= 0.6 is 11.6 Å². The average molecular weight is 294 g/mol. The second-order valence-electron chi connectivity index (χ2n) is 5.89. The maximum atomic E-state index is 12.4. The molecule has 2 rings (SSSR count). The largest absolute Gasteiger partial charge is 0.351 e. The second-order valence-corrected chi connectivity index (χ2v) is 6.15. The van der Waals surface area contributed by atoms with Crippen LogP contribution in [0.5, 0.6) is 0 Å². The Hall–Kier alpha value is -1.02. The number of alkyl halides is 1. The maximum Gasteiger partial charge on any atom is 0.251 e. The Labute approximate surface area is 126 Å². The average Bonchev–Trinajstić information content (AvgIpc) is 2.53. The number of aryl methyl sites for hydroxylation is 1. The molecule has 3 heteroatoms. The molecular weight excluding hydrogens is 270 g/mol. The number of halogens is 1. The number of hydrogen-bond acceptors (Lipinski definition) is 1. The summed E-state index contributed by atoms with van der Waals surface area (Å²) < 4.78 is 0. The number of carbonyl (C=O) groups excluding carboxylic acids is 1. The van der Waals surface area contributed by atoms with E-state index in [9.17, 15) is 4.79 Å². The lowest BCUT2D eigenvalue weighted by Crippen LogP contribution is -2.40. The zero-order valence-electron chi connectivity index (χ0n) is 12.3. The third kappa shape index (κ3) is 3.54. The van der Waals surface area contributed by atoms with Gasteiger partial charge < -0.3 is 5.32 Å². The minimum absolute atomic E-state index is 0.0394. The second kappa shape index (κ2) is 7.12. The van der Waals surface area contributed by atoms with E-state index in [2.05, 4.69) is 12.2 Å². The zero-order valence-corrected chi connectivity index (χ0v) is 13.0. The maximum absolute atomic E-state index is 12.4. The SMILES string of the molecule is CCc1ccccc1C(=O)NCC1(CCl)CCCCC1. The molecule has 0 aliphatic heterocycles. The summed E-state index contributed by atoms with van der Waals surface area (Å²) in [6, 6.07) is 7.83. The van der Waals surface area contributed by atoms with Crippen LogP contribution in [-0.4, -0.2) is 18.3 Å². The Balaban J connectivity index is 2.00. The summed E-state index contributed by atoms with van der Waals surface area (Å²) in [5.74, 6) is 0.681. The molecular formula is C17H24ClNO. The molecule has 1 amide bonds. The predicted octanol–water partition coefficient (Wildman–Crippen LogP) is 4.17. The van der Waals surface area contributed by atoms with E-state index in [1.54, 1.807) is 0 Å². The number of amides is 1. The highest BCUT2D eigenvalue weighted by molar-refractivity contribution is 6.18. The summed E-state index contributed by atoms with van der Waals surface area (Å²) in [4.78, 5) is 12.4. The first-order chi connectivity index (χ1) is 9.71. The molecule has 1 aliphatic carbocycles. The third-order valence-electron chi connectivity index (χ3n) is 4.46. The minimum Gasteiger partial charge on any atom is -0.351 e. The summed E-state index contributed by atoms with van der Waals surface area (Å²) >= 11 is 6.17. The van der Waals surface area contributed by atoms with E-state index in [1.165, 1.54) is 19.3 Å². The smallest absolute Gasteiger partial charge is 0.251 e. The van der Waals surface area contributed by atoms with Gasteiger partial charge in [0.2, 0.25) is 0 Å². The van der Waals surface area contributed by atoms with Gasteiger partial charge in [0.05, 0.1) is 0 Å². The van der Waals surface area contributed by atoms with Crippen molar-refractivity contribution in [3.8, 4) is 0 Å². The van der Waals surface area contributed by atoms with Gasteiger partial charge in [-0.2, -0.15) is 0 Å². The van der Waals surface area contributed by atoms with Crippen molar-refractivity contribution in [2.24, 2.45) is 5.41 Å². The van der Waals surface area contributed by atoms with Gasteiger partial charge in [0.25, 0.3) is 5.91 Å². The fourth-order valence-electron chi connectivity index (χ4n) is 3.07. The molecule has 0 atom stereocenters. The van der Waals surface area contributed by atoms with Gasteiger partial charge in [0.15, 0.2) is 0 Å². The highest BCUT2D eigenvalue weighted by atomic mass is 35.5. The van der Waals surface area contributed by atoms with Crippen molar-refractivity contribution in [1.29, 1.82) is 0 Å². The summed E-state index contributed by atoms with van der Waals surface area (Å²) in [7, 11) is 0. The number of hydrogen-bond donors (Lipinski definition) is 1. The van der Waals surface area contributed by atoms with Gasteiger partial charge in [-0.25, -0.2) is 0 Å². The number of benzene rings is 1. The van der Waals surface area contributed by atoms with Gasteiger partial charge in [-0.3, -0.25) is 4.79 Å². The fraction of sp³-hybridized carbons (Fsp3) is 0.588. The van der Waals surface area contributed by atoms with Gasteiger partial charge >= 0.3 is 0 Å². The Morgan fingerprint density at radius 1 is 1.25 bits per heavy atom. The van der Waals surface area contributed by atoms with Crippen molar-refractivity contribution in [3.63, 3.8) is 0 Å². The molecule has 1 saturated carbocycles. The van der Waals surface area contributed by atoms with Crippen LogP contribution in [0.15, 0.2) is 24.3 Å². The predicted molar refractivity (Wildman–Crippen MR) is 84.4 cm³/mol. The van der Waals surface area contributed by atoms with Crippen LogP contribution in [-0.2, 0) is 6.42 Å². The minimum atomic E-state index is 0.0394. The van der Waals surface area contributed by atoms with Gasteiger partial charge in [-0.15, -0.1) is 11.6 Å². The van der Waals surface area contributed by atoms with Crippen LogP contribution in [0.2, 0.25) is 0 Å². The topological polar surface area (TPSA) is 29.1 Å². The van der Waals surface area contributed by atoms with Crippen molar-refractivity contribution in [3.05, 3.63) is 35.4 Å². The molecule has 0 aromatic heterocycles. The van der Waals surface area contributed by atoms with E-state index in [0.717, 1.165) is 30.4 Å². The molecule has 0 bridgehead atoms. The monoisotopic (exact) mass is 293 g/mol. The van der Waals surface area contributed by atoms with Gasteiger partial charge in [0, 0.05) is 23.4 Å². The quantitative estimate of drug-likeness (QED) is 0.811. The zero-order chi connectivity index (χ0) is 14.4. The van der Waals surface area contributed by atoms with E-state index < -0.39 is 0 Å². The normalized spacial score (nSPS) is 17.7. The molecule has 0 unspecified atom stereocenters. The molecule has 1 N–H and O–H groups in total. The molecule has 0 radical (unpaired) electrons. The lowest BCUT2D eigenvalue weighted by Gasteiger charge is -2.35. The third-order valence-corrected chi connectivity index (χ3v) is 5.03. The molecule has 1 fully saturated rings. The lowest BCUT2D eigenvalue weighted by atomic mass is 9.75. The molecule has 1 aliphatic rings. The van der Waals surface area contributed by atoms with Crippen molar-refractivity contribution in [1.82, 2.24) is 5.32 Å². The molecule has 20 heavy (non-hydrogen) atoms. The molecule has 0 heterocycles. The first-order valence-electron chi connectivity index (χ1n) is 7.63. The number of rotatable bonds is 5. The van der Waals surface area contributed by atoms with Crippen molar-refractivity contribution >= 4 is 17.5 Å². The Morgan fingerprint density at radius 3 is 2.60 bits per heavy atom. The van der Waals surface area contributed by atoms with Crippen LogP contribution in [0.25, 0.3) is 0 Å². The molecule has 2 nitrogen and oxygen atoms in total. The molecule has 1 aromatic carbocycles. The first-order valence-corrected chi connectivity index (χ1v) is 8.16. The molecule has 0 spiro atoms. The number of carbonyl (C=O) groups is 1. The highest BCUT2D eigenvalue weighted by Crippen LogP contribution is 2.36. The van der Waals surface area contributed by atoms with Crippen molar-refractivity contribution in [2.45, 2.75) is 45.4 Å². The van der Waals surface area contributed by atoms with Crippen LogP contribution in [0.4, 0.5) is 0 Å². The van der Waals surface area contributed by atoms with Crippen molar-refractivity contribution in [2.75, 3.05) is 12.4 Å². The van der Waals surface area contributed by atoms with Gasteiger partial charge in [-0.1, -0.05) is 44.4 Å². The Kier molecular flexibility index (Phi) is 5.47. The number of nitrogens with one attached hydrogen (secondary N) is 1. The Bertz CT molecular complexity index is 452. The standard InChI is InChI=1S/C17H24ClNO/c1-2-14-8-4-5-9-15(14)16(20)19-13-17(12-18)10-6-3-7-11-17/h4-5,8-9H,2-3,6-7,10-13H2,1H3,(H,19,20). The van der Waals surface area contributed by atoms with Gasteiger partial charge in [-0.05, 0) is 30.9 Å². The van der Waals surface area contributed by atoms with E-state index in [4.69, 9.17) is 11.6 Å². The molecule has 0 saturated heterocycles.